The molecule has 3 rings (SSSR count). The second-order valence-corrected chi connectivity index (χ2v) is 12.2. The van der Waals surface area contributed by atoms with Gasteiger partial charge in [-0.25, -0.2) is 14.6 Å². The standard InChI is InChI=1S/C31H45N5O4/c1-30(2,3)39-28(37)34-27(35-29(38)40-31(4,5)6)33-26-14-12-25(13-15-26)21-32-22-36-18-16-24(17-19-36)20-23-10-8-7-9-11-23/h7-15,24,32H,16-22H2,1-6H3,(H2,33,34,35,37,38). The summed E-state index contributed by atoms with van der Waals surface area (Å²) in [4.78, 5) is 31.5. The van der Waals surface area contributed by atoms with Gasteiger partial charge in [0.15, 0.2) is 0 Å². The highest BCUT2D eigenvalue weighted by Gasteiger charge is 2.22. The zero-order valence-corrected chi connectivity index (χ0v) is 24.8. The van der Waals surface area contributed by atoms with Gasteiger partial charge in [-0.15, -0.1) is 0 Å². The lowest BCUT2D eigenvalue weighted by Crippen LogP contribution is -2.47. The second-order valence-electron chi connectivity index (χ2n) is 12.2. The summed E-state index contributed by atoms with van der Waals surface area (Å²) in [5, 5.41) is 8.53. The van der Waals surface area contributed by atoms with Crippen molar-refractivity contribution in [3.63, 3.8) is 0 Å². The molecule has 2 aromatic carbocycles. The molecule has 1 aliphatic rings. The van der Waals surface area contributed by atoms with Gasteiger partial charge in [0.2, 0.25) is 5.96 Å². The summed E-state index contributed by atoms with van der Waals surface area (Å²) >= 11 is 0. The Bertz CT molecular complexity index is 1080. The molecule has 0 saturated carbocycles. The Kier molecular flexibility index (Phi) is 11.1. The van der Waals surface area contributed by atoms with Crippen molar-refractivity contribution in [1.29, 1.82) is 0 Å². The first kappa shape index (κ1) is 31.1. The number of carbonyl (C=O) groups is 2. The maximum Gasteiger partial charge on any atom is 0.414 e. The van der Waals surface area contributed by atoms with Crippen molar-refractivity contribution < 1.29 is 19.1 Å². The van der Waals surface area contributed by atoms with Gasteiger partial charge in [0, 0.05) is 13.2 Å². The average Bonchev–Trinajstić information content (AvgIpc) is 2.84. The molecule has 0 bridgehead atoms. The molecule has 1 aliphatic heterocycles. The van der Waals surface area contributed by atoms with E-state index in [1.54, 1.807) is 41.5 Å². The quantitative estimate of drug-likeness (QED) is 0.300. The highest BCUT2D eigenvalue weighted by atomic mass is 16.6. The van der Waals surface area contributed by atoms with Gasteiger partial charge in [0.25, 0.3) is 0 Å². The van der Waals surface area contributed by atoms with Crippen LogP contribution in [0.15, 0.2) is 59.6 Å². The maximum atomic E-state index is 12.3. The second kappa shape index (κ2) is 14.3. The number of ether oxygens (including phenoxy) is 2. The Morgan fingerprint density at radius 3 is 1.90 bits per heavy atom. The fourth-order valence-electron chi connectivity index (χ4n) is 4.36. The maximum absolute atomic E-state index is 12.3. The van der Waals surface area contributed by atoms with E-state index in [0.29, 0.717) is 5.69 Å². The summed E-state index contributed by atoms with van der Waals surface area (Å²) in [6, 6.07) is 18.4. The van der Waals surface area contributed by atoms with Crippen LogP contribution in [0.4, 0.5) is 15.3 Å². The number of nitrogens with zero attached hydrogens (tertiary/aromatic N) is 2. The summed E-state index contributed by atoms with van der Waals surface area (Å²) in [6.07, 6.45) is 2.15. The van der Waals surface area contributed by atoms with Crippen LogP contribution in [0.1, 0.15) is 65.5 Å². The number of likely N-dealkylation sites (tertiary alicyclic amines) is 1. The molecule has 40 heavy (non-hydrogen) atoms. The van der Waals surface area contributed by atoms with E-state index in [-0.39, 0.29) is 5.96 Å². The predicted octanol–water partition coefficient (Wildman–Crippen LogP) is 5.73. The first-order valence-electron chi connectivity index (χ1n) is 14.0. The third kappa shape index (κ3) is 12.2. The molecule has 9 heteroatoms. The van der Waals surface area contributed by atoms with Gasteiger partial charge in [-0.2, -0.15) is 0 Å². The summed E-state index contributed by atoms with van der Waals surface area (Å²) in [5.41, 5.74) is 1.70. The number of benzene rings is 2. The van der Waals surface area contributed by atoms with Gasteiger partial charge in [-0.3, -0.25) is 15.5 Å². The molecule has 218 valence electrons. The fraction of sp³-hybridized carbons (Fsp3) is 0.516. The molecule has 0 unspecified atom stereocenters. The van der Waals surface area contributed by atoms with Gasteiger partial charge in [-0.05, 0) is 103 Å². The highest BCUT2D eigenvalue weighted by molar-refractivity contribution is 6.02. The van der Waals surface area contributed by atoms with E-state index in [9.17, 15) is 9.59 Å². The Morgan fingerprint density at radius 1 is 0.825 bits per heavy atom. The number of carbonyl (C=O) groups excluding carboxylic acids is 2. The van der Waals surface area contributed by atoms with Gasteiger partial charge >= 0.3 is 12.2 Å². The van der Waals surface area contributed by atoms with Crippen LogP contribution in [0, 0.1) is 5.92 Å². The minimum atomic E-state index is -0.729. The molecule has 1 fully saturated rings. The Balaban J connectivity index is 1.49. The van der Waals surface area contributed by atoms with E-state index in [1.165, 1.54) is 24.8 Å². The highest BCUT2D eigenvalue weighted by Crippen LogP contribution is 2.21. The normalized spacial score (nSPS) is 14.8. The molecule has 0 spiro atoms. The average molecular weight is 552 g/mol. The smallest absolute Gasteiger partial charge is 0.414 e. The first-order chi connectivity index (χ1) is 18.8. The summed E-state index contributed by atoms with van der Waals surface area (Å²) < 4.78 is 10.6. The lowest BCUT2D eigenvalue weighted by atomic mass is 9.90. The minimum Gasteiger partial charge on any atom is -0.444 e. The summed E-state index contributed by atoms with van der Waals surface area (Å²) in [6.45, 7) is 14.3. The molecule has 1 saturated heterocycles. The zero-order valence-electron chi connectivity index (χ0n) is 24.8. The van der Waals surface area contributed by atoms with Crippen LogP contribution < -0.4 is 16.0 Å². The lowest BCUT2D eigenvalue weighted by Gasteiger charge is -2.32. The third-order valence-corrected chi connectivity index (χ3v) is 6.15. The summed E-state index contributed by atoms with van der Waals surface area (Å²) in [7, 11) is 0. The van der Waals surface area contributed by atoms with Gasteiger partial charge in [0.1, 0.15) is 11.2 Å². The number of alkyl carbamates (subject to hydrolysis) is 2. The molecule has 0 atom stereocenters. The number of aliphatic imine (C=N–C) groups is 1. The molecule has 2 amide bonds. The Morgan fingerprint density at radius 2 is 1.38 bits per heavy atom. The Labute approximate surface area is 238 Å². The van der Waals surface area contributed by atoms with Crippen LogP contribution in [-0.2, 0) is 22.4 Å². The van der Waals surface area contributed by atoms with E-state index in [4.69, 9.17) is 9.47 Å². The van der Waals surface area contributed by atoms with E-state index in [0.717, 1.165) is 37.8 Å². The number of hydrogen-bond acceptors (Lipinski definition) is 7. The van der Waals surface area contributed by atoms with Crippen LogP contribution in [-0.4, -0.2) is 54.0 Å². The molecule has 2 aromatic rings. The number of nitrogens with one attached hydrogen (secondary N) is 3. The number of hydrogen-bond donors (Lipinski definition) is 3. The van der Waals surface area contributed by atoms with Crippen LogP contribution in [0.3, 0.4) is 0 Å². The number of amides is 2. The van der Waals surface area contributed by atoms with Crippen molar-refractivity contribution in [3.05, 3.63) is 65.7 Å². The lowest BCUT2D eigenvalue weighted by molar-refractivity contribution is 0.0545. The molecule has 0 aromatic heterocycles. The SMILES string of the molecule is CC(C)(C)OC(=O)NC(=Nc1ccc(CNCN2CCC(Cc3ccccc3)CC2)cc1)NC(=O)OC(C)(C)C. The molecule has 1 heterocycles. The van der Waals surface area contributed by atoms with Crippen molar-refractivity contribution in [2.75, 3.05) is 19.8 Å². The van der Waals surface area contributed by atoms with Crippen molar-refractivity contribution >= 4 is 23.8 Å². The van der Waals surface area contributed by atoms with Gasteiger partial charge < -0.3 is 14.8 Å². The molecule has 0 aliphatic carbocycles. The van der Waals surface area contributed by atoms with Crippen molar-refractivity contribution in [1.82, 2.24) is 20.9 Å². The number of rotatable bonds is 7. The topological polar surface area (TPSA) is 104 Å². The van der Waals surface area contributed by atoms with Crippen LogP contribution in [0.2, 0.25) is 0 Å². The first-order valence-corrected chi connectivity index (χ1v) is 14.0. The number of guanidine groups is 1. The third-order valence-electron chi connectivity index (χ3n) is 6.15. The van der Waals surface area contributed by atoms with E-state index in [2.05, 4.69) is 56.2 Å². The fourth-order valence-corrected chi connectivity index (χ4v) is 4.36. The molecule has 9 nitrogen and oxygen atoms in total. The predicted molar refractivity (Wildman–Crippen MR) is 158 cm³/mol. The van der Waals surface area contributed by atoms with Crippen molar-refractivity contribution in [2.45, 2.75) is 78.6 Å². The summed E-state index contributed by atoms with van der Waals surface area (Å²) in [5.74, 6) is 0.677. The minimum absolute atomic E-state index is 0.0787. The van der Waals surface area contributed by atoms with Crippen molar-refractivity contribution in [3.8, 4) is 0 Å². The van der Waals surface area contributed by atoms with Gasteiger partial charge in [0.05, 0.1) is 5.69 Å². The van der Waals surface area contributed by atoms with Crippen LogP contribution in [0.25, 0.3) is 0 Å². The van der Waals surface area contributed by atoms with Crippen LogP contribution in [0.5, 0.6) is 0 Å². The molecule has 0 radical (unpaired) electrons. The monoisotopic (exact) mass is 551 g/mol. The Hall–Kier alpha value is -3.43. The molecular weight excluding hydrogens is 506 g/mol. The molecule has 3 N–H and O–H groups in total. The molecular formula is C31H45N5O4. The zero-order chi connectivity index (χ0) is 29.2. The van der Waals surface area contributed by atoms with E-state index < -0.39 is 23.4 Å². The number of piperidine rings is 1. The van der Waals surface area contributed by atoms with E-state index in [1.807, 2.05) is 24.3 Å². The van der Waals surface area contributed by atoms with Crippen molar-refractivity contribution in [2.24, 2.45) is 10.9 Å². The van der Waals surface area contributed by atoms with Crippen LogP contribution >= 0.6 is 0 Å². The van der Waals surface area contributed by atoms with E-state index >= 15 is 0 Å². The van der Waals surface area contributed by atoms with Gasteiger partial charge in [-0.1, -0.05) is 42.5 Å². The largest absolute Gasteiger partial charge is 0.444 e.